The van der Waals surface area contributed by atoms with Gasteiger partial charge >= 0.3 is 0 Å². The van der Waals surface area contributed by atoms with E-state index in [4.69, 9.17) is 5.73 Å². The molecule has 0 bridgehead atoms. The molecule has 1 aromatic heterocycles. The topological polar surface area (TPSA) is 59.1 Å². The number of nitrogens with zero attached hydrogens (tertiary/aromatic N) is 1. The number of aromatic hydroxyl groups is 1. The lowest BCUT2D eigenvalue weighted by Gasteiger charge is -2.10. The lowest BCUT2D eigenvalue weighted by Crippen LogP contribution is -2.14. The van der Waals surface area contributed by atoms with Gasteiger partial charge in [0, 0.05) is 6.20 Å². The Morgan fingerprint density at radius 3 is 2.75 bits per heavy atom. The third-order valence-electron chi connectivity index (χ3n) is 2.43. The van der Waals surface area contributed by atoms with Gasteiger partial charge in [0.15, 0.2) is 0 Å². The smallest absolute Gasteiger partial charge is 0.115 e. The molecule has 0 aliphatic carbocycles. The van der Waals surface area contributed by atoms with Crippen molar-refractivity contribution in [2.45, 2.75) is 12.5 Å². The fourth-order valence-corrected chi connectivity index (χ4v) is 1.64. The Kier molecular flexibility index (Phi) is 3.17. The van der Waals surface area contributed by atoms with Gasteiger partial charge in [0.1, 0.15) is 5.75 Å². The Morgan fingerprint density at radius 1 is 1.19 bits per heavy atom. The van der Waals surface area contributed by atoms with Crippen molar-refractivity contribution in [3.63, 3.8) is 0 Å². The summed E-state index contributed by atoms with van der Waals surface area (Å²) in [5.74, 6) is 0.269. The molecule has 3 heteroatoms. The van der Waals surface area contributed by atoms with Gasteiger partial charge in [-0.25, -0.2) is 0 Å². The number of hydrogen-bond donors (Lipinski definition) is 2. The average molecular weight is 214 g/mol. The highest BCUT2D eigenvalue weighted by Crippen LogP contribution is 2.17. The van der Waals surface area contributed by atoms with Gasteiger partial charge in [-0.1, -0.05) is 18.2 Å². The number of nitrogens with two attached hydrogens (primary N) is 1. The molecule has 3 N–H and O–H groups in total. The van der Waals surface area contributed by atoms with Gasteiger partial charge in [-0.05, 0) is 36.2 Å². The fourth-order valence-electron chi connectivity index (χ4n) is 1.64. The molecule has 0 saturated carbocycles. The summed E-state index contributed by atoms with van der Waals surface area (Å²) in [6.07, 6.45) is 2.41. The first-order valence-electron chi connectivity index (χ1n) is 5.20. The van der Waals surface area contributed by atoms with Gasteiger partial charge in [-0.15, -0.1) is 0 Å². The minimum atomic E-state index is -0.136. The van der Waals surface area contributed by atoms with E-state index in [1.807, 2.05) is 30.3 Å². The molecule has 1 atom stereocenters. The van der Waals surface area contributed by atoms with Gasteiger partial charge < -0.3 is 10.8 Å². The lowest BCUT2D eigenvalue weighted by atomic mass is 10.0. The van der Waals surface area contributed by atoms with Gasteiger partial charge in [0.25, 0.3) is 0 Å². The number of phenols is 1. The summed E-state index contributed by atoms with van der Waals surface area (Å²) in [5.41, 5.74) is 7.91. The fraction of sp³-hybridized carbons (Fsp3) is 0.154. The van der Waals surface area contributed by atoms with Crippen LogP contribution in [0.3, 0.4) is 0 Å². The van der Waals surface area contributed by atoms with Gasteiger partial charge in [0.05, 0.1) is 11.7 Å². The maximum atomic E-state index is 9.34. The number of hydrogen-bond acceptors (Lipinski definition) is 3. The van der Waals surface area contributed by atoms with Crippen LogP contribution in [0.15, 0.2) is 48.7 Å². The molecular formula is C13H14N2O. The molecule has 0 spiro atoms. The molecular weight excluding hydrogens is 200 g/mol. The minimum Gasteiger partial charge on any atom is -0.508 e. The van der Waals surface area contributed by atoms with Crippen molar-refractivity contribution in [3.8, 4) is 5.75 Å². The first-order valence-corrected chi connectivity index (χ1v) is 5.20. The Hall–Kier alpha value is -1.87. The molecule has 0 radical (unpaired) electrons. The molecule has 1 unspecified atom stereocenters. The van der Waals surface area contributed by atoms with Gasteiger partial charge in [-0.3, -0.25) is 4.98 Å². The summed E-state index contributed by atoms with van der Waals surface area (Å²) < 4.78 is 0. The summed E-state index contributed by atoms with van der Waals surface area (Å²) in [6.45, 7) is 0. The standard InChI is InChI=1S/C13H14N2O/c14-12(13-6-1-2-7-15-13)9-10-4-3-5-11(16)8-10/h1-8,12,16H,9,14H2. The monoisotopic (exact) mass is 214 g/mol. The Labute approximate surface area is 94.6 Å². The lowest BCUT2D eigenvalue weighted by molar-refractivity contribution is 0.474. The van der Waals surface area contributed by atoms with Gasteiger partial charge in [0.2, 0.25) is 0 Å². The van der Waals surface area contributed by atoms with Crippen molar-refractivity contribution in [3.05, 3.63) is 59.9 Å². The molecule has 0 saturated heterocycles. The third-order valence-corrected chi connectivity index (χ3v) is 2.43. The first kappa shape index (κ1) is 10.6. The number of rotatable bonds is 3. The molecule has 2 aromatic rings. The normalized spacial score (nSPS) is 12.3. The van der Waals surface area contributed by atoms with Crippen LogP contribution in [0.4, 0.5) is 0 Å². The molecule has 82 valence electrons. The van der Waals surface area contributed by atoms with E-state index in [2.05, 4.69) is 4.98 Å². The zero-order valence-electron chi connectivity index (χ0n) is 8.88. The average Bonchev–Trinajstić information content (AvgIpc) is 2.30. The van der Waals surface area contributed by atoms with E-state index in [9.17, 15) is 5.11 Å². The van der Waals surface area contributed by atoms with Crippen LogP contribution in [0.1, 0.15) is 17.3 Å². The second-order valence-corrected chi connectivity index (χ2v) is 3.74. The molecule has 16 heavy (non-hydrogen) atoms. The van der Waals surface area contributed by atoms with Crippen LogP contribution in [0, 0.1) is 0 Å². The summed E-state index contributed by atoms with van der Waals surface area (Å²) in [7, 11) is 0. The van der Waals surface area contributed by atoms with E-state index >= 15 is 0 Å². The van der Waals surface area contributed by atoms with E-state index in [0.29, 0.717) is 6.42 Å². The highest BCUT2D eigenvalue weighted by Gasteiger charge is 2.07. The van der Waals surface area contributed by atoms with Crippen LogP contribution >= 0.6 is 0 Å². The van der Waals surface area contributed by atoms with Crippen molar-refractivity contribution in [2.75, 3.05) is 0 Å². The van der Waals surface area contributed by atoms with Crippen molar-refractivity contribution in [1.82, 2.24) is 4.98 Å². The van der Waals surface area contributed by atoms with E-state index in [0.717, 1.165) is 11.3 Å². The van der Waals surface area contributed by atoms with E-state index in [1.165, 1.54) is 0 Å². The second kappa shape index (κ2) is 4.77. The van der Waals surface area contributed by atoms with E-state index in [-0.39, 0.29) is 11.8 Å². The number of benzene rings is 1. The minimum absolute atomic E-state index is 0.136. The van der Waals surface area contributed by atoms with E-state index < -0.39 is 0 Å². The molecule has 2 rings (SSSR count). The van der Waals surface area contributed by atoms with Crippen LogP contribution in [0.25, 0.3) is 0 Å². The third kappa shape index (κ3) is 2.58. The Morgan fingerprint density at radius 2 is 2.06 bits per heavy atom. The van der Waals surface area contributed by atoms with Crippen molar-refractivity contribution in [2.24, 2.45) is 5.73 Å². The van der Waals surface area contributed by atoms with Crippen molar-refractivity contribution < 1.29 is 5.11 Å². The van der Waals surface area contributed by atoms with Crippen LogP contribution in [-0.2, 0) is 6.42 Å². The highest BCUT2D eigenvalue weighted by atomic mass is 16.3. The first-order chi connectivity index (χ1) is 7.75. The molecule has 0 amide bonds. The Bertz CT molecular complexity index is 456. The maximum absolute atomic E-state index is 9.34. The summed E-state index contributed by atoms with van der Waals surface area (Å²) in [4.78, 5) is 4.21. The van der Waals surface area contributed by atoms with E-state index in [1.54, 1.807) is 18.3 Å². The quantitative estimate of drug-likeness (QED) is 0.821. The second-order valence-electron chi connectivity index (χ2n) is 3.74. The predicted molar refractivity (Wildman–Crippen MR) is 63.0 cm³/mol. The molecule has 1 heterocycles. The summed E-state index contributed by atoms with van der Waals surface area (Å²) in [6, 6.07) is 12.7. The molecule has 0 aliphatic rings. The summed E-state index contributed by atoms with van der Waals surface area (Å²) in [5, 5.41) is 9.34. The Balaban J connectivity index is 2.11. The van der Waals surface area contributed by atoms with Crippen molar-refractivity contribution >= 4 is 0 Å². The number of phenolic OH excluding ortho intramolecular Hbond substituents is 1. The summed E-state index contributed by atoms with van der Waals surface area (Å²) >= 11 is 0. The van der Waals surface area contributed by atoms with Crippen LogP contribution in [0.5, 0.6) is 5.75 Å². The van der Waals surface area contributed by atoms with Crippen molar-refractivity contribution in [1.29, 1.82) is 0 Å². The van der Waals surface area contributed by atoms with Gasteiger partial charge in [-0.2, -0.15) is 0 Å². The largest absolute Gasteiger partial charge is 0.508 e. The maximum Gasteiger partial charge on any atom is 0.115 e. The highest BCUT2D eigenvalue weighted by molar-refractivity contribution is 5.28. The molecule has 3 nitrogen and oxygen atoms in total. The zero-order chi connectivity index (χ0) is 11.4. The molecule has 1 aromatic carbocycles. The number of aromatic nitrogens is 1. The van der Waals surface area contributed by atoms with Crippen LogP contribution < -0.4 is 5.73 Å². The zero-order valence-corrected chi connectivity index (χ0v) is 8.88. The molecule has 0 aliphatic heterocycles. The SMILES string of the molecule is NC(Cc1cccc(O)c1)c1ccccn1. The van der Waals surface area contributed by atoms with Crippen LogP contribution in [0.2, 0.25) is 0 Å². The predicted octanol–water partition coefficient (Wildman–Crippen LogP) is 2.03. The number of pyridine rings is 1. The molecule has 0 fully saturated rings. The van der Waals surface area contributed by atoms with Crippen LogP contribution in [-0.4, -0.2) is 10.1 Å².